The molecule has 3 rings (SSSR count). The van der Waals surface area contributed by atoms with Crippen LogP contribution in [-0.2, 0) is 9.98 Å². The minimum Gasteiger partial charge on any atom is -0.455 e. The van der Waals surface area contributed by atoms with Gasteiger partial charge in [-0.15, -0.1) is 0 Å². The van der Waals surface area contributed by atoms with Crippen LogP contribution in [0.3, 0.4) is 0 Å². The molecular formula is C21H26BrO2P. The van der Waals surface area contributed by atoms with E-state index in [0.29, 0.717) is 0 Å². The fraction of sp³-hybridized carbons (Fsp3) is 0.429. The summed E-state index contributed by atoms with van der Waals surface area (Å²) in [6, 6.07) is 12.3. The van der Waals surface area contributed by atoms with Crippen molar-refractivity contribution in [1.29, 1.82) is 0 Å². The van der Waals surface area contributed by atoms with Crippen LogP contribution in [0.4, 0.5) is 0 Å². The van der Waals surface area contributed by atoms with E-state index in [4.69, 9.17) is 4.74 Å². The molecule has 0 radical (unpaired) electrons. The Balaban J connectivity index is 2.32. The Hall–Kier alpha value is -1.05. The number of benzene rings is 2. The number of ether oxygens (including phenoxy) is 1. The molecule has 0 bridgehead atoms. The summed E-state index contributed by atoms with van der Waals surface area (Å²) in [5.41, 5.74) is 2.20. The van der Waals surface area contributed by atoms with E-state index in [1.165, 1.54) is 0 Å². The Kier molecular flexibility index (Phi) is 4.71. The molecule has 25 heavy (non-hydrogen) atoms. The lowest BCUT2D eigenvalue weighted by Gasteiger charge is -2.38. The number of hydrogen-bond donors (Lipinski definition) is 0. The molecule has 2 nitrogen and oxygen atoms in total. The first-order valence-electron chi connectivity index (χ1n) is 8.82. The summed E-state index contributed by atoms with van der Waals surface area (Å²) in [5, 5.41) is 0.879. The van der Waals surface area contributed by atoms with Gasteiger partial charge >= 0.3 is 0 Å². The summed E-state index contributed by atoms with van der Waals surface area (Å²) >= 11 is 3.62. The summed E-state index contributed by atoms with van der Waals surface area (Å²) in [5.74, 6) is 1.63. The van der Waals surface area contributed by atoms with E-state index in [-0.39, 0.29) is 16.7 Å². The summed E-state index contributed by atoms with van der Waals surface area (Å²) < 4.78 is 21.3. The lowest BCUT2D eigenvalue weighted by Crippen LogP contribution is -2.29. The predicted molar refractivity (Wildman–Crippen MR) is 110 cm³/mol. The van der Waals surface area contributed by atoms with Crippen LogP contribution in [0, 0.1) is 0 Å². The molecule has 0 aliphatic carbocycles. The van der Waals surface area contributed by atoms with Gasteiger partial charge in [-0.1, -0.05) is 65.8 Å². The number of rotatable bonds is 3. The SMILES string of the molecule is CC(C)P(=O)(c1cccc2c1Oc1c(Br)cccc1C2(C)C)C(C)C. The minimum atomic E-state index is -2.60. The predicted octanol–water partition coefficient (Wildman–Crippen LogP) is 6.69. The van der Waals surface area contributed by atoms with Crippen molar-refractivity contribution in [1.82, 2.24) is 0 Å². The topological polar surface area (TPSA) is 26.3 Å². The van der Waals surface area contributed by atoms with E-state index < -0.39 is 7.14 Å². The van der Waals surface area contributed by atoms with Crippen LogP contribution in [0.5, 0.6) is 11.5 Å². The van der Waals surface area contributed by atoms with Gasteiger partial charge in [0.05, 0.1) is 9.78 Å². The molecule has 134 valence electrons. The quantitative estimate of drug-likeness (QED) is 0.517. The van der Waals surface area contributed by atoms with Crippen molar-refractivity contribution < 1.29 is 9.30 Å². The van der Waals surface area contributed by atoms with Crippen LogP contribution in [0.2, 0.25) is 0 Å². The first-order chi connectivity index (χ1) is 11.6. The Morgan fingerprint density at radius 1 is 0.920 bits per heavy atom. The highest BCUT2D eigenvalue weighted by molar-refractivity contribution is 9.10. The molecule has 0 saturated carbocycles. The van der Waals surface area contributed by atoms with Crippen molar-refractivity contribution in [3.8, 4) is 11.5 Å². The molecule has 0 atom stereocenters. The Labute approximate surface area is 159 Å². The zero-order chi connectivity index (χ0) is 18.6. The summed E-state index contributed by atoms with van der Waals surface area (Å²) in [6.45, 7) is 12.6. The van der Waals surface area contributed by atoms with Crippen molar-refractivity contribution in [3.63, 3.8) is 0 Å². The fourth-order valence-corrected chi connectivity index (χ4v) is 7.46. The van der Waals surface area contributed by atoms with Gasteiger partial charge in [0, 0.05) is 27.9 Å². The zero-order valence-electron chi connectivity index (χ0n) is 15.8. The summed E-state index contributed by atoms with van der Waals surface area (Å²) in [7, 11) is -2.60. The van der Waals surface area contributed by atoms with Gasteiger partial charge in [0.15, 0.2) is 0 Å². The molecule has 2 aromatic rings. The van der Waals surface area contributed by atoms with Gasteiger partial charge in [-0.05, 0) is 28.1 Å². The Morgan fingerprint density at radius 3 is 2.00 bits per heavy atom. The lowest BCUT2D eigenvalue weighted by molar-refractivity contribution is 0.418. The first kappa shape index (κ1) is 18.7. The first-order valence-corrected chi connectivity index (χ1v) is 11.5. The summed E-state index contributed by atoms with van der Waals surface area (Å²) in [6.07, 6.45) is 0. The number of halogens is 1. The second-order valence-corrected chi connectivity index (χ2v) is 12.7. The minimum absolute atomic E-state index is 0.0753. The van der Waals surface area contributed by atoms with E-state index in [0.717, 1.165) is 32.4 Å². The highest BCUT2D eigenvalue weighted by Gasteiger charge is 2.41. The standard InChI is InChI=1S/C21H26BrO2P/c1-13(2)25(23,14(3)4)18-12-8-10-16-20(18)24-19-15(21(16,5)6)9-7-11-17(19)22/h7-14H,1-6H3. The number of hydrogen-bond acceptors (Lipinski definition) is 2. The second-order valence-electron chi connectivity index (χ2n) is 7.89. The van der Waals surface area contributed by atoms with E-state index in [2.05, 4.69) is 69.6 Å². The van der Waals surface area contributed by atoms with Crippen LogP contribution < -0.4 is 10.0 Å². The fourth-order valence-electron chi connectivity index (χ4n) is 3.90. The molecule has 0 saturated heterocycles. The maximum absolute atomic E-state index is 14.0. The zero-order valence-corrected chi connectivity index (χ0v) is 18.2. The Bertz CT molecular complexity index is 856. The van der Waals surface area contributed by atoms with Crippen LogP contribution in [0.25, 0.3) is 0 Å². The molecule has 2 aromatic carbocycles. The van der Waals surface area contributed by atoms with Crippen molar-refractivity contribution in [3.05, 3.63) is 52.0 Å². The maximum atomic E-state index is 14.0. The van der Waals surface area contributed by atoms with Crippen molar-refractivity contribution >= 4 is 28.4 Å². The van der Waals surface area contributed by atoms with E-state index in [9.17, 15) is 4.57 Å². The Morgan fingerprint density at radius 2 is 1.44 bits per heavy atom. The van der Waals surface area contributed by atoms with Gasteiger partial charge in [0.1, 0.15) is 18.6 Å². The van der Waals surface area contributed by atoms with E-state index in [1.54, 1.807) is 0 Å². The van der Waals surface area contributed by atoms with Gasteiger partial charge in [0.25, 0.3) is 0 Å². The molecule has 1 aliphatic heterocycles. The van der Waals surface area contributed by atoms with Crippen LogP contribution in [0.15, 0.2) is 40.9 Å². The molecule has 0 spiro atoms. The second kappa shape index (κ2) is 6.28. The highest BCUT2D eigenvalue weighted by atomic mass is 79.9. The third-order valence-corrected chi connectivity index (χ3v) is 10.2. The van der Waals surface area contributed by atoms with Gasteiger partial charge in [-0.3, -0.25) is 0 Å². The molecular weight excluding hydrogens is 395 g/mol. The van der Waals surface area contributed by atoms with Crippen molar-refractivity contribution in [2.24, 2.45) is 0 Å². The highest BCUT2D eigenvalue weighted by Crippen LogP contribution is 2.59. The maximum Gasteiger partial charge on any atom is 0.145 e. The third kappa shape index (κ3) is 2.71. The normalized spacial score (nSPS) is 15.7. The summed E-state index contributed by atoms with van der Waals surface area (Å²) in [4.78, 5) is 0. The van der Waals surface area contributed by atoms with Crippen molar-refractivity contribution in [2.45, 2.75) is 58.3 Å². The molecule has 0 N–H and O–H groups in total. The average molecular weight is 421 g/mol. The van der Waals surface area contributed by atoms with Gasteiger partial charge in [-0.25, -0.2) is 0 Å². The van der Waals surface area contributed by atoms with Gasteiger partial charge < -0.3 is 9.30 Å². The molecule has 1 heterocycles. The van der Waals surface area contributed by atoms with E-state index >= 15 is 0 Å². The molecule has 0 aromatic heterocycles. The monoisotopic (exact) mass is 420 g/mol. The smallest absolute Gasteiger partial charge is 0.145 e. The van der Waals surface area contributed by atoms with Gasteiger partial charge in [0.2, 0.25) is 0 Å². The van der Waals surface area contributed by atoms with E-state index in [1.807, 2.05) is 24.3 Å². The number of fused-ring (bicyclic) bond motifs is 2. The van der Waals surface area contributed by atoms with Crippen LogP contribution >= 0.6 is 23.1 Å². The molecule has 4 heteroatoms. The van der Waals surface area contributed by atoms with Crippen molar-refractivity contribution in [2.75, 3.05) is 0 Å². The average Bonchev–Trinajstić information content (AvgIpc) is 2.54. The molecule has 0 unspecified atom stereocenters. The molecule has 0 fully saturated rings. The molecule has 1 aliphatic rings. The lowest BCUT2D eigenvalue weighted by atomic mass is 9.76. The molecule has 0 amide bonds. The largest absolute Gasteiger partial charge is 0.455 e. The van der Waals surface area contributed by atoms with Gasteiger partial charge in [-0.2, -0.15) is 0 Å². The number of para-hydroxylation sites is 2. The third-order valence-electron chi connectivity index (χ3n) is 5.42. The van der Waals surface area contributed by atoms with Crippen LogP contribution in [0.1, 0.15) is 52.7 Å². The van der Waals surface area contributed by atoms with Crippen LogP contribution in [-0.4, -0.2) is 11.3 Å².